The molecule has 1 aliphatic carbocycles. The second-order valence-electron chi connectivity index (χ2n) is 3.68. The average Bonchev–Trinajstić information content (AvgIpc) is 2.47. The monoisotopic (exact) mass is 280 g/mol. The second-order valence-corrected chi connectivity index (χ2v) is 3.68. The van der Waals surface area contributed by atoms with Gasteiger partial charge < -0.3 is 4.74 Å². The molecule has 1 aromatic heterocycles. The van der Waals surface area contributed by atoms with Gasteiger partial charge in [-0.1, -0.05) is 10.7 Å². The highest BCUT2D eigenvalue weighted by Gasteiger charge is 2.35. The lowest BCUT2D eigenvalue weighted by Crippen LogP contribution is -2.30. The van der Waals surface area contributed by atoms with E-state index in [0.717, 1.165) is 7.11 Å². The number of ether oxygens (including phenoxy) is 1. The molecule has 1 aliphatic rings. The van der Waals surface area contributed by atoms with Gasteiger partial charge in [0.05, 0.1) is 7.11 Å². The van der Waals surface area contributed by atoms with Gasteiger partial charge in [0.1, 0.15) is 5.57 Å². The Morgan fingerprint density at radius 1 is 1.10 bits per heavy atom. The number of aromatic nitrogens is 1. The molecular formula is C13H9F3N3O+. The number of hydrogen-bond donors (Lipinski definition) is 1. The summed E-state index contributed by atoms with van der Waals surface area (Å²) in [4.78, 5) is 0. The Morgan fingerprint density at radius 3 is 2.30 bits per heavy atom. The summed E-state index contributed by atoms with van der Waals surface area (Å²) in [6.45, 7) is 0. The van der Waals surface area contributed by atoms with Gasteiger partial charge in [-0.05, 0) is 5.87 Å². The van der Waals surface area contributed by atoms with Crippen molar-refractivity contribution in [3.05, 3.63) is 59.4 Å². The minimum Gasteiger partial charge on any atom is -0.491 e. The first kappa shape index (κ1) is 13.8. The smallest absolute Gasteiger partial charge is 0.205 e. The van der Waals surface area contributed by atoms with E-state index in [1.54, 1.807) is 24.1 Å². The van der Waals surface area contributed by atoms with Gasteiger partial charge >= 0.3 is 0 Å². The molecule has 20 heavy (non-hydrogen) atoms. The van der Waals surface area contributed by atoms with Crippen LogP contribution in [0.25, 0.3) is 0 Å². The fourth-order valence-electron chi connectivity index (χ4n) is 1.59. The third-order valence-corrected chi connectivity index (χ3v) is 2.50. The Labute approximate surface area is 112 Å². The zero-order valence-electron chi connectivity index (χ0n) is 10.3. The molecule has 0 fully saturated rings. The van der Waals surface area contributed by atoms with Crippen LogP contribution in [0.1, 0.15) is 0 Å². The van der Waals surface area contributed by atoms with Crippen LogP contribution in [0.15, 0.2) is 64.5 Å². The van der Waals surface area contributed by atoms with Crippen LogP contribution in [-0.2, 0) is 4.74 Å². The van der Waals surface area contributed by atoms with Crippen LogP contribution in [0.2, 0.25) is 0 Å². The molecule has 4 nitrogen and oxygen atoms in total. The number of methoxy groups -OCH3 is 1. The molecule has 0 bridgehead atoms. The molecule has 102 valence electrons. The summed E-state index contributed by atoms with van der Waals surface area (Å²) < 4.78 is 47.0. The average molecular weight is 280 g/mol. The first-order valence-corrected chi connectivity index (χ1v) is 5.45. The Bertz CT molecular complexity index is 686. The Balaban J connectivity index is 2.66. The summed E-state index contributed by atoms with van der Waals surface area (Å²) in [7, 11) is 1.01. The number of rotatable bonds is 2. The molecular weight excluding hydrogens is 271 g/mol. The van der Waals surface area contributed by atoms with E-state index in [4.69, 9.17) is 5.41 Å². The first-order valence-electron chi connectivity index (χ1n) is 5.45. The normalized spacial score (nSPS) is 17.6. The standard InChI is InChI=1S/C13H9F3N3O/c1-20-13-10(15)9(14)8(7-17)12(11(13)16)18-19-5-3-2-4-6-19/h2-6,17H,1H3/q+1/b18-12-. The molecule has 1 aromatic rings. The number of halogens is 3. The predicted octanol–water partition coefficient (Wildman–Crippen LogP) is 2.34. The topological polar surface area (TPSA) is 49.3 Å². The number of hydrogen-bond acceptors (Lipinski definition) is 3. The van der Waals surface area contributed by atoms with Crippen molar-refractivity contribution in [3.8, 4) is 0 Å². The van der Waals surface area contributed by atoms with Crippen molar-refractivity contribution >= 4 is 11.6 Å². The van der Waals surface area contributed by atoms with Crippen molar-refractivity contribution in [2.75, 3.05) is 7.11 Å². The number of allylic oxidation sites excluding steroid dienone is 4. The van der Waals surface area contributed by atoms with Crippen LogP contribution in [0, 0.1) is 5.41 Å². The highest BCUT2D eigenvalue weighted by atomic mass is 19.2. The van der Waals surface area contributed by atoms with Gasteiger partial charge in [-0.2, -0.15) is 4.39 Å². The highest BCUT2D eigenvalue weighted by Crippen LogP contribution is 2.33. The first-order chi connectivity index (χ1) is 9.60. The van der Waals surface area contributed by atoms with E-state index in [9.17, 15) is 13.2 Å². The van der Waals surface area contributed by atoms with Gasteiger partial charge in [-0.15, -0.1) is 0 Å². The molecule has 1 N–H and O–H groups in total. The molecule has 0 aromatic carbocycles. The molecule has 0 aliphatic heterocycles. The molecule has 0 saturated heterocycles. The highest BCUT2D eigenvalue weighted by molar-refractivity contribution is 6.19. The Morgan fingerprint density at radius 2 is 1.75 bits per heavy atom. The summed E-state index contributed by atoms with van der Waals surface area (Å²) in [5.74, 6) is -3.39. The van der Waals surface area contributed by atoms with Gasteiger partial charge in [0.15, 0.2) is 17.3 Å². The molecule has 0 spiro atoms. The maximum absolute atomic E-state index is 14.1. The number of pyridine rings is 1. The van der Waals surface area contributed by atoms with Crippen molar-refractivity contribution in [3.63, 3.8) is 0 Å². The minimum atomic E-state index is -1.52. The maximum atomic E-state index is 14.1. The third kappa shape index (κ3) is 2.26. The molecule has 7 heteroatoms. The molecule has 0 atom stereocenters. The minimum absolute atomic E-state index is 0.563. The lowest BCUT2D eigenvalue weighted by Gasteiger charge is -2.13. The quantitative estimate of drug-likeness (QED) is 0.656. The van der Waals surface area contributed by atoms with E-state index in [0.29, 0.717) is 0 Å². The van der Waals surface area contributed by atoms with Crippen molar-refractivity contribution in [2.45, 2.75) is 0 Å². The summed E-state index contributed by atoms with van der Waals surface area (Å²) >= 11 is 0. The largest absolute Gasteiger partial charge is 0.491 e. The van der Waals surface area contributed by atoms with Crippen LogP contribution < -0.4 is 4.68 Å². The van der Waals surface area contributed by atoms with Crippen LogP contribution in [-0.4, -0.2) is 18.7 Å². The summed E-state index contributed by atoms with van der Waals surface area (Å²) in [5, 5.41) is 10.8. The van der Waals surface area contributed by atoms with Crippen LogP contribution in [0.5, 0.6) is 0 Å². The Hall–Kier alpha value is -2.66. The molecule has 0 radical (unpaired) electrons. The van der Waals surface area contributed by atoms with E-state index < -0.39 is 34.5 Å². The summed E-state index contributed by atoms with van der Waals surface area (Å²) in [6.07, 6.45) is 2.95. The SMILES string of the molecule is COC1=C(F)/C(=N\[n+]2ccccc2)C(=C=N)C(F)=C1F. The fourth-order valence-corrected chi connectivity index (χ4v) is 1.59. The zero-order valence-corrected chi connectivity index (χ0v) is 10.3. The Kier molecular flexibility index (Phi) is 3.81. The van der Waals surface area contributed by atoms with Crippen molar-refractivity contribution in [2.24, 2.45) is 5.10 Å². The maximum Gasteiger partial charge on any atom is 0.205 e. The van der Waals surface area contributed by atoms with Crippen LogP contribution >= 0.6 is 0 Å². The van der Waals surface area contributed by atoms with Crippen LogP contribution in [0.3, 0.4) is 0 Å². The van der Waals surface area contributed by atoms with Gasteiger partial charge in [0, 0.05) is 17.2 Å². The van der Waals surface area contributed by atoms with Crippen LogP contribution in [0.4, 0.5) is 13.2 Å². The summed E-state index contributed by atoms with van der Waals surface area (Å²) in [5.41, 5.74) is -1.27. The van der Waals surface area contributed by atoms with Gasteiger partial charge in [-0.25, -0.2) is 8.78 Å². The van der Waals surface area contributed by atoms with Crippen molar-refractivity contribution in [1.29, 1.82) is 5.41 Å². The van der Waals surface area contributed by atoms with E-state index >= 15 is 0 Å². The van der Waals surface area contributed by atoms with Gasteiger partial charge in [0.2, 0.25) is 24.0 Å². The third-order valence-electron chi connectivity index (χ3n) is 2.50. The molecule has 1 heterocycles. The molecule has 0 unspecified atom stereocenters. The molecule has 2 rings (SSSR count). The lowest BCUT2D eigenvalue weighted by atomic mass is 10.0. The zero-order chi connectivity index (χ0) is 14.7. The second kappa shape index (κ2) is 5.54. The van der Waals surface area contributed by atoms with E-state index in [-0.39, 0.29) is 0 Å². The van der Waals surface area contributed by atoms with Gasteiger partial charge in [0.25, 0.3) is 0 Å². The van der Waals surface area contributed by atoms with Crippen molar-refractivity contribution < 1.29 is 22.6 Å². The fraction of sp³-hybridized carbons (Fsp3) is 0.0769. The molecule has 0 amide bonds. The van der Waals surface area contributed by atoms with E-state index in [1.807, 2.05) is 0 Å². The number of nitrogens with zero attached hydrogens (tertiary/aromatic N) is 2. The van der Waals surface area contributed by atoms with E-state index in [2.05, 4.69) is 9.84 Å². The summed E-state index contributed by atoms with van der Waals surface area (Å²) in [6, 6.07) is 4.94. The lowest BCUT2D eigenvalue weighted by molar-refractivity contribution is -0.678. The molecule has 0 saturated carbocycles. The predicted molar refractivity (Wildman–Crippen MR) is 65.1 cm³/mol. The van der Waals surface area contributed by atoms with Gasteiger partial charge in [-0.3, -0.25) is 5.41 Å². The van der Waals surface area contributed by atoms with Crippen molar-refractivity contribution in [1.82, 2.24) is 0 Å². The van der Waals surface area contributed by atoms with E-state index in [1.165, 1.54) is 17.1 Å². The number of nitrogens with one attached hydrogen (secondary N) is 1.